The first kappa shape index (κ1) is 20.4. The van der Waals surface area contributed by atoms with Crippen molar-refractivity contribution in [3.8, 4) is 0 Å². The van der Waals surface area contributed by atoms with Gasteiger partial charge in [-0.25, -0.2) is 8.42 Å². The molecule has 152 valence electrons. The minimum Gasteiger partial charge on any atom is -0.342 e. The molecule has 0 unspecified atom stereocenters. The summed E-state index contributed by atoms with van der Waals surface area (Å²) in [7, 11) is -3.07. The number of fused-ring (bicyclic) bond motifs is 1. The minimum atomic E-state index is -3.07. The molecule has 2 aromatic rings. The predicted molar refractivity (Wildman–Crippen MR) is 118 cm³/mol. The number of benzene rings is 2. The Morgan fingerprint density at radius 1 is 1.10 bits per heavy atom. The second-order valence-electron chi connectivity index (χ2n) is 7.29. The average Bonchev–Trinajstić information content (AvgIpc) is 3.14. The van der Waals surface area contributed by atoms with Gasteiger partial charge in [0, 0.05) is 23.2 Å². The summed E-state index contributed by atoms with van der Waals surface area (Å²) in [6, 6.07) is 17.1. The van der Waals surface area contributed by atoms with E-state index in [1.165, 1.54) is 11.8 Å². The van der Waals surface area contributed by atoms with E-state index < -0.39 is 9.84 Å². The van der Waals surface area contributed by atoms with Crippen LogP contribution < -0.4 is 0 Å². The third kappa shape index (κ3) is 4.85. The molecule has 2 heterocycles. The smallest absolute Gasteiger partial charge is 0.248 e. The summed E-state index contributed by atoms with van der Waals surface area (Å²) in [4.78, 5) is 18.8. The Morgan fingerprint density at radius 3 is 2.59 bits per heavy atom. The highest BCUT2D eigenvalue weighted by atomic mass is 35.5. The summed E-state index contributed by atoms with van der Waals surface area (Å²) >= 11 is 7.71. The number of hydrogen-bond donors (Lipinski definition) is 0. The Morgan fingerprint density at radius 2 is 1.83 bits per heavy atom. The minimum absolute atomic E-state index is 0.0896. The van der Waals surface area contributed by atoms with E-state index >= 15 is 0 Å². The van der Waals surface area contributed by atoms with E-state index in [0.717, 1.165) is 11.1 Å². The molecule has 2 aromatic carbocycles. The van der Waals surface area contributed by atoms with Crippen molar-refractivity contribution >= 4 is 44.3 Å². The van der Waals surface area contributed by atoms with Gasteiger partial charge in [0.1, 0.15) is 0 Å². The number of halogens is 1. The number of amidine groups is 1. The first-order valence-corrected chi connectivity index (χ1v) is 12.5. The fourth-order valence-corrected chi connectivity index (χ4v) is 7.85. The SMILES string of the molecule is O=C(CCc1ccccc1)N=C1S[C@H]2CS(=O)(=O)C[C@@H]2N1Cc1ccccc1Cl. The lowest BCUT2D eigenvalue weighted by atomic mass is 10.1. The average molecular weight is 449 g/mol. The Bertz CT molecular complexity index is 1040. The standard InChI is InChI=1S/C21H21ClN2O3S2/c22-17-9-5-4-8-16(17)12-24-18-13-29(26,27)14-19(18)28-21(24)23-20(25)11-10-15-6-2-1-3-7-15/h1-9,18-19H,10-14H2/t18-,19-/m0/s1. The summed E-state index contributed by atoms with van der Waals surface area (Å²) in [5, 5.41) is 1.13. The predicted octanol–water partition coefficient (Wildman–Crippen LogP) is 3.57. The third-order valence-corrected chi connectivity index (χ3v) is 8.78. The fraction of sp³-hybridized carbons (Fsp3) is 0.333. The van der Waals surface area contributed by atoms with Gasteiger partial charge in [-0.15, -0.1) is 0 Å². The highest BCUT2D eigenvalue weighted by Crippen LogP contribution is 2.39. The summed E-state index contributed by atoms with van der Waals surface area (Å²) < 4.78 is 24.2. The van der Waals surface area contributed by atoms with Crippen molar-refractivity contribution in [3.63, 3.8) is 0 Å². The molecule has 1 amide bonds. The molecule has 8 heteroatoms. The molecular formula is C21H21ClN2O3S2. The van der Waals surface area contributed by atoms with E-state index in [1.54, 1.807) is 0 Å². The number of hydrogen-bond acceptors (Lipinski definition) is 4. The van der Waals surface area contributed by atoms with E-state index in [2.05, 4.69) is 4.99 Å². The lowest BCUT2D eigenvalue weighted by molar-refractivity contribution is -0.117. The summed E-state index contributed by atoms with van der Waals surface area (Å²) in [5.41, 5.74) is 1.99. The molecule has 0 aliphatic carbocycles. The number of thioether (sulfide) groups is 1. The quantitative estimate of drug-likeness (QED) is 0.699. The highest BCUT2D eigenvalue weighted by molar-refractivity contribution is 8.15. The number of nitrogens with zero attached hydrogens (tertiary/aromatic N) is 2. The Hall–Kier alpha value is -1.83. The van der Waals surface area contributed by atoms with Crippen molar-refractivity contribution in [1.29, 1.82) is 0 Å². The molecule has 0 aromatic heterocycles. The van der Waals surface area contributed by atoms with Gasteiger partial charge >= 0.3 is 0 Å². The van der Waals surface area contributed by atoms with E-state index in [1.807, 2.05) is 59.5 Å². The first-order valence-electron chi connectivity index (χ1n) is 9.44. The van der Waals surface area contributed by atoms with Crippen LogP contribution >= 0.6 is 23.4 Å². The lowest BCUT2D eigenvalue weighted by Crippen LogP contribution is -2.37. The van der Waals surface area contributed by atoms with Crippen LogP contribution in [0.1, 0.15) is 17.5 Å². The second kappa shape index (κ2) is 8.50. The van der Waals surface area contributed by atoms with Gasteiger partial charge in [0.25, 0.3) is 0 Å². The van der Waals surface area contributed by atoms with E-state index in [-0.39, 0.29) is 28.7 Å². The molecule has 0 bridgehead atoms. The summed E-state index contributed by atoms with van der Waals surface area (Å²) in [6.07, 6.45) is 0.953. The summed E-state index contributed by atoms with van der Waals surface area (Å²) in [6.45, 7) is 0.439. The maximum atomic E-state index is 12.5. The zero-order valence-electron chi connectivity index (χ0n) is 15.7. The normalized spacial score (nSPS) is 24.0. The number of rotatable bonds is 5. The molecule has 0 radical (unpaired) electrons. The number of sulfone groups is 1. The number of carbonyl (C=O) groups is 1. The molecule has 2 saturated heterocycles. The molecule has 0 saturated carbocycles. The van der Waals surface area contributed by atoms with Gasteiger partial charge in [0.2, 0.25) is 5.91 Å². The van der Waals surface area contributed by atoms with E-state index in [4.69, 9.17) is 11.6 Å². The molecule has 2 fully saturated rings. The van der Waals surface area contributed by atoms with Gasteiger partial charge in [-0.05, 0) is 23.6 Å². The zero-order valence-corrected chi connectivity index (χ0v) is 18.1. The van der Waals surface area contributed by atoms with Crippen molar-refractivity contribution in [1.82, 2.24) is 4.90 Å². The summed E-state index contributed by atoms with van der Waals surface area (Å²) in [5.74, 6) is 0.0219. The maximum Gasteiger partial charge on any atom is 0.248 e. The molecule has 0 N–H and O–H groups in total. The van der Waals surface area contributed by atoms with Gasteiger partial charge in [0.05, 0.1) is 17.5 Å². The molecule has 2 aliphatic heterocycles. The van der Waals surface area contributed by atoms with Crippen LogP contribution in [0.5, 0.6) is 0 Å². The number of amides is 1. The monoisotopic (exact) mass is 448 g/mol. The number of carbonyl (C=O) groups excluding carboxylic acids is 1. The van der Waals surface area contributed by atoms with Gasteiger partial charge in [0.15, 0.2) is 15.0 Å². The van der Waals surface area contributed by atoms with Crippen LogP contribution in [-0.2, 0) is 27.6 Å². The van der Waals surface area contributed by atoms with E-state index in [0.29, 0.717) is 29.6 Å². The van der Waals surface area contributed by atoms with Crippen LogP contribution in [0.2, 0.25) is 5.02 Å². The van der Waals surface area contributed by atoms with Crippen molar-refractivity contribution in [2.75, 3.05) is 11.5 Å². The lowest BCUT2D eigenvalue weighted by Gasteiger charge is -2.25. The van der Waals surface area contributed by atoms with Gasteiger partial charge in [-0.1, -0.05) is 71.9 Å². The first-order chi connectivity index (χ1) is 13.9. The molecule has 0 spiro atoms. The highest BCUT2D eigenvalue weighted by Gasteiger charge is 2.48. The van der Waals surface area contributed by atoms with Crippen LogP contribution in [0.3, 0.4) is 0 Å². The molecule has 29 heavy (non-hydrogen) atoms. The Labute approximate surface area is 180 Å². The topological polar surface area (TPSA) is 66.8 Å². The van der Waals surface area contributed by atoms with Crippen molar-refractivity contribution in [3.05, 3.63) is 70.7 Å². The number of aryl methyl sites for hydroxylation is 1. The Balaban J connectivity index is 1.53. The number of aliphatic imine (C=N–C) groups is 1. The third-order valence-electron chi connectivity index (χ3n) is 5.16. The largest absolute Gasteiger partial charge is 0.342 e. The van der Waals surface area contributed by atoms with Crippen molar-refractivity contribution in [2.45, 2.75) is 30.7 Å². The molecule has 2 aliphatic rings. The molecule has 2 atom stereocenters. The van der Waals surface area contributed by atoms with Crippen molar-refractivity contribution < 1.29 is 13.2 Å². The van der Waals surface area contributed by atoms with Gasteiger partial charge in [-0.2, -0.15) is 4.99 Å². The second-order valence-corrected chi connectivity index (χ2v) is 11.1. The molecule has 4 rings (SSSR count). The van der Waals surface area contributed by atoms with Crippen LogP contribution in [0.25, 0.3) is 0 Å². The fourth-order valence-electron chi connectivity index (χ4n) is 3.69. The molecular weight excluding hydrogens is 428 g/mol. The Kier molecular flexibility index (Phi) is 5.99. The molecule has 5 nitrogen and oxygen atoms in total. The van der Waals surface area contributed by atoms with Crippen LogP contribution in [-0.4, -0.2) is 47.2 Å². The van der Waals surface area contributed by atoms with Gasteiger partial charge < -0.3 is 4.90 Å². The maximum absolute atomic E-state index is 12.5. The zero-order chi connectivity index (χ0) is 20.4. The van der Waals surface area contributed by atoms with Crippen LogP contribution in [0.15, 0.2) is 59.6 Å². The van der Waals surface area contributed by atoms with Crippen molar-refractivity contribution in [2.24, 2.45) is 4.99 Å². The van der Waals surface area contributed by atoms with Crippen LogP contribution in [0.4, 0.5) is 0 Å². The van der Waals surface area contributed by atoms with Crippen LogP contribution in [0, 0.1) is 0 Å². The van der Waals surface area contributed by atoms with Gasteiger partial charge in [-0.3, -0.25) is 4.79 Å². The van der Waals surface area contributed by atoms with E-state index in [9.17, 15) is 13.2 Å².